The Labute approximate surface area is 146 Å². The van der Waals surface area contributed by atoms with Crippen LogP contribution in [-0.2, 0) is 6.54 Å². The van der Waals surface area contributed by atoms with Gasteiger partial charge in [-0.25, -0.2) is 4.79 Å². The van der Waals surface area contributed by atoms with Crippen LogP contribution < -0.4 is 10.6 Å². The summed E-state index contributed by atoms with van der Waals surface area (Å²) in [6, 6.07) is 8.81. The molecule has 24 heavy (non-hydrogen) atoms. The van der Waals surface area contributed by atoms with Gasteiger partial charge in [0.1, 0.15) is 0 Å². The normalized spacial score (nSPS) is 10.5. The van der Waals surface area contributed by atoms with E-state index in [-0.39, 0.29) is 18.0 Å². The summed E-state index contributed by atoms with van der Waals surface area (Å²) < 4.78 is 0. The van der Waals surface area contributed by atoms with Crippen LogP contribution in [0, 0.1) is 6.92 Å². The fourth-order valence-corrected chi connectivity index (χ4v) is 3.22. The van der Waals surface area contributed by atoms with Gasteiger partial charge in [0, 0.05) is 18.0 Å². The number of benzene rings is 1. The van der Waals surface area contributed by atoms with Crippen LogP contribution in [-0.4, -0.2) is 29.9 Å². The van der Waals surface area contributed by atoms with Gasteiger partial charge in [0.2, 0.25) is 0 Å². The van der Waals surface area contributed by atoms with Crippen LogP contribution in [0.25, 0.3) is 0 Å². The number of thiophene rings is 1. The van der Waals surface area contributed by atoms with Gasteiger partial charge in [0.25, 0.3) is 5.91 Å². The number of carbonyl (C=O) groups is 2. The van der Waals surface area contributed by atoms with E-state index < -0.39 is 0 Å². The maximum Gasteiger partial charge on any atom is 0.319 e. The Morgan fingerprint density at radius 3 is 2.54 bits per heavy atom. The lowest BCUT2D eigenvalue weighted by Crippen LogP contribution is -2.35. The average Bonchev–Trinajstić information content (AvgIpc) is 2.91. The Morgan fingerprint density at radius 1 is 1.21 bits per heavy atom. The van der Waals surface area contributed by atoms with Crippen LogP contribution in [0.5, 0.6) is 0 Å². The first kappa shape index (κ1) is 18.0. The second-order valence-electron chi connectivity index (χ2n) is 5.99. The topological polar surface area (TPSA) is 61.4 Å². The van der Waals surface area contributed by atoms with E-state index in [1.165, 1.54) is 5.56 Å². The molecule has 128 valence electrons. The van der Waals surface area contributed by atoms with E-state index in [0.717, 1.165) is 4.88 Å². The summed E-state index contributed by atoms with van der Waals surface area (Å²) in [6.45, 7) is 6.35. The predicted molar refractivity (Wildman–Crippen MR) is 98.6 cm³/mol. The summed E-state index contributed by atoms with van der Waals surface area (Å²) in [7, 11) is 1.77. The summed E-state index contributed by atoms with van der Waals surface area (Å²) in [5.74, 6) is -0.122. The number of rotatable bonds is 5. The molecule has 0 aliphatic carbocycles. The maximum absolute atomic E-state index is 12.8. The van der Waals surface area contributed by atoms with E-state index >= 15 is 0 Å². The average molecular weight is 345 g/mol. The van der Waals surface area contributed by atoms with Gasteiger partial charge in [-0.1, -0.05) is 12.1 Å². The van der Waals surface area contributed by atoms with Gasteiger partial charge in [-0.3, -0.25) is 4.79 Å². The monoisotopic (exact) mass is 345 g/mol. The lowest BCUT2D eigenvalue weighted by Gasteiger charge is -2.19. The lowest BCUT2D eigenvalue weighted by atomic mass is 10.1. The summed E-state index contributed by atoms with van der Waals surface area (Å²) in [5, 5.41) is 7.53. The summed E-state index contributed by atoms with van der Waals surface area (Å²) in [5.41, 5.74) is 2.17. The number of carbonyl (C=O) groups excluding carboxylic acids is 2. The predicted octanol–water partition coefficient (Wildman–Crippen LogP) is 3.86. The van der Waals surface area contributed by atoms with E-state index in [1.54, 1.807) is 47.5 Å². The van der Waals surface area contributed by atoms with Crippen molar-refractivity contribution in [1.82, 2.24) is 10.2 Å². The summed E-state index contributed by atoms with van der Waals surface area (Å²) in [6.07, 6.45) is 0. The molecule has 0 unspecified atom stereocenters. The molecule has 0 saturated heterocycles. The van der Waals surface area contributed by atoms with Crippen molar-refractivity contribution in [3.8, 4) is 0 Å². The molecule has 0 radical (unpaired) electrons. The molecule has 0 saturated carbocycles. The highest BCUT2D eigenvalue weighted by Gasteiger charge is 2.18. The maximum atomic E-state index is 12.8. The van der Waals surface area contributed by atoms with Crippen LogP contribution in [0.1, 0.15) is 34.6 Å². The molecular weight excluding hydrogens is 322 g/mol. The molecule has 0 aliphatic rings. The largest absolute Gasteiger partial charge is 0.336 e. The second-order valence-corrected chi connectivity index (χ2v) is 6.99. The van der Waals surface area contributed by atoms with Crippen molar-refractivity contribution in [3.63, 3.8) is 0 Å². The van der Waals surface area contributed by atoms with Crippen molar-refractivity contribution in [1.29, 1.82) is 0 Å². The number of hydrogen-bond acceptors (Lipinski definition) is 3. The van der Waals surface area contributed by atoms with Gasteiger partial charge in [-0.2, -0.15) is 0 Å². The van der Waals surface area contributed by atoms with Crippen molar-refractivity contribution in [2.45, 2.75) is 33.4 Å². The van der Waals surface area contributed by atoms with Crippen molar-refractivity contribution < 1.29 is 9.59 Å². The molecular formula is C18H23N3O2S. The van der Waals surface area contributed by atoms with Crippen LogP contribution in [0.3, 0.4) is 0 Å². The van der Waals surface area contributed by atoms with Crippen molar-refractivity contribution in [2.75, 3.05) is 12.4 Å². The second kappa shape index (κ2) is 7.97. The van der Waals surface area contributed by atoms with Crippen molar-refractivity contribution in [3.05, 3.63) is 51.7 Å². The number of urea groups is 1. The third-order valence-electron chi connectivity index (χ3n) is 3.52. The van der Waals surface area contributed by atoms with Gasteiger partial charge >= 0.3 is 6.03 Å². The number of nitrogens with zero attached hydrogens (tertiary/aromatic N) is 1. The number of amides is 3. The van der Waals surface area contributed by atoms with Gasteiger partial charge in [-0.05, 0) is 49.9 Å². The Morgan fingerprint density at radius 2 is 1.92 bits per heavy atom. The smallest absolute Gasteiger partial charge is 0.319 e. The van der Waals surface area contributed by atoms with Gasteiger partial charge in [0.15, 0.2) is 0 Å². The fraction of sp³-hybridized carbons (Fsp3) is 0.333. The standard InChI is InChI=1S/C18H23N3O2S/c1-12(2)19-18(23)20-15-8-6-5-7-14(15)17(22)21(4)11-16-13(3)9-10-24-16/h5-10,12H,11H2,1-4H3,(H2,19,20,23). The van der Waals surface area contributed by atoms with Crippen LogP contribution in [0.15, 0.2) is 35.7 Å². The molecule has 0 spiro atoms. The Hall–Kier alpha value is -2.34. The quantitative estimate of drug-likeness (QED) is 0.864. The van der Waals surface area contributed by atoms with E-state index in [1.807, 2.05) is 32.2 Å². The zero-order valence-electron chi connectivity index (χ0n) is 14.4. The minimum Gasteiger partial charge on any atom is -0.336 e. The molecule has 0 atom stereocenters. The zero-order chi connectivity index (χ0) is 17.7. The number of hydrogen-bond donors (Lipinski definition) is 2. The molecule has 1 aromatic heterocycles. The molecule has 0 fully saturated rings. The third-order valence-corrected chi connectivity index (χ3v) is 4.53. The number of nitrogens with one attached hydrogen (secondary N) is 2. The highest BCUT2D eigenvalue weighted by molar-refractivity contribution is 7.10. The number of anilines is 1. The molecule has 6 heteroatoms. The first-order valence-corrected chi connectivity index (χ1v) is 8.71. The molecule has 2 rings (SSSR count). The Kier molecular flexibility index (Phi) is 5.98. The highest BCUT2D eigenvalue weighted by atomic mass is 32.1. The summed E-state index contributed by atoms with van der Waals surface area (Å²) in [4.78, 5) is 27.5. The highest BCUT2D eigenvalue weighted by Crippen LogP contribution is 2.21. The molecule has 5 nitrogen and oxygen atoms in total. The van der Waals surface area contributed by atoms with E-state index in [9.17, 15) is 9.59 Å². The Balaban J connectivity index is 2.14. The SMILES string of the molecule is Cc1ccsc1CN(C)C(=O)c1ccccc1NC(=O)NC(C)C. The number of aryl methyl sites for hydroxylation is 1. The lowest BCUT2D eigenvalue weighted by molar-refractivity contribution is 0.0787. The fourth-order valence-electron chi connectivity index (χ4n) is 2.26. The number of para-hydroxylation sites is 1. The molecule has 3 amide bonds. The van der Waals surface area contributed by atoms with Crippen LogP contribution >= 0.6 is 11.3 Å². The molecule has 0 bridgehead atoms. The van der Waals surface area contributed by atoms with E-state index in [0.29, 0.717) is 17.8 Å². The minimum atomic E-state index is -0.318. The van der Waals surface area contributed by atoms with Crippen molar-refractivity contribution in [2.24, 2.45) is 0 Å². The first-order chi connectivity index (χ1) is 11.4. The molecule has 2 aromatic rings. The first-order valence-electron chi connectivity index (χ1n) is 7.83. The summed E-state index contributed by atoms with van der Waals surface area (Å²) >= 11 is 1.64. The third kappa shape index (κ3) is 4.58. The minimum absolute atomic E-state index is 0.0253. The molecule has 1 heterocycles. The van der Waals surface area contributed by atoms with E-state index in [2.05, 4.69) is 10.6 Å². The van der Waals surface area contributed by atoms with Crippen molar-refractivity contribution >= 4 is 29.0 Å². The molecule has 1 aromatic carbocycles. The van der Waals surface area contributed by atoms with Crippen LogP contribution in [0.4, 0.5) is 10.5 Å². The van der Waals surface area contributed by atoms with Gasteiger partial charge in [-0.15, -0.1) is 11.3 Å². The van der Waals surface area contributed by atoms with Gasteiger partial charge < -0.3 is 15.5 Å². The zero-order valence-corrected chi connectivity index (χ0v) is 15.2. The molecule has 0 aliphatic heterocycles. The van der Waals surface area contributed by atoms with Gasteiger partial charge in [0.05, 0.1) is 17.8 Å². The Bertz CT molecular complexity index is 725. The van der Waals surface area contributed by atoms with Crippen LogP contribution in [0.2, 0.25) is 0 Å². The molecule has 2 N–H and O–H groups in total. The van der Waals surface area contributed by atoms with E-state index in [4.69, 9.17) is 0 Å².